The maximum atomic E-state index is 10.4. The number of hydrogen-bond donors (Lipinski definition) is 2. The Morgan fingerprint density at radius 1 is 1.29 bits per heavy atom. The summed E-state index contributed by atoms with van der Waals surface area (Å²) in [6, 6.07) is 6.85. The summed E-state index contributed by atoms with van der Waals surface area (Å²) >= 11 is 0. The predicted molar refractivity (Wildman–Crippen MR) is 51.3 cm³/mol. The molecule has 5 nitrogen and oxygen atoms in total. The second kappa shape index (κ2) is 5.47. The third-order valence-corrected chi connectivity index (χ3v) is 1.32. The largest absolute Gasteiger partial charge is 0.364 e. The van der Waals surface area contributed by atoms with E-state index in [0.717, 1.165) is 0 Å². The summed E-state index contributed by atoms with van der Waals surface area (Å²) in [7, 11) is 0. The molecule has 0 aliphatic rings. The minimum atomic E-state index is -0.490. The van der Waals surface area contributed by atoms with E-state index in [1.54, 1.807) is 30.6 Å². The standard InChI is InChI=1S/C6H6N2O.C3H4N2/c7-6(9)5-3-1-2-4-8-5;1-2-4-5-3-1/h1-4H,(H2,7,9);1-3H,(H,4,5). The zero-order chi connectivity index (χ0) is 10.2. The van der Waals surface area contributed by atoms with Crippen molar-refractivity contribution in [1.29, 1.82) is 0 Å². The average Bonchev–Trinajstić information content (AvgIpc) is 2.77. The van der Waals surface area contributed by atoms with E-state index in [4.69, 9.17) is 5.73 Å². The van der Waals surface area contributed by atoms with Gasteiger partial charge < -0.3 is 5.73 Å². The van der Waals surface area contributed by atoms with Crippen LogP contribution in [0.1, 0.15) is 10.5 Å². The molecule has 3 N–H and O–H groups in total. The fourth-order valence-electron chi connectivity index (χ4n) is 0.724. The van der Waals surface area contributed by atoms with Crippen LogP contribution < -0.4 is 5.73 Å². The summed E-state index contributed by atoms with van der Waals surface area (Å²) in [5.41, 5.74) is 5.22. The topological polar surface area (TPSA) is 84.7 Å². The van der Waals surface area contributed by atoms with Crippen LogP contribution in [-0.2, 0) is 0 Å². The van der Waals surface area contributed by atoms with E-state index >= 15 is 0 Å². The minimum absolute atomic E-state index is 0.303. The van der Waals surface area contributed by atoms with Crippen LogP contribution >= 0.6 is 0 Å². The molecule has 2 aromatic rings. The summed E-state index contributed by atoms with van der Waals surface area (Å²) in [6.07, 6.45) is 4.99. The van der Waals surface area contributed by atoms with Crippen molar-refractivity contribution in [2.75, 3.05) is 0 Å². The number of nitrogens with zero attached hydrogens (tertiary/aromatic N) is 2. The number of nitrogens with one attached hydrogen (secondary N) is 1. The number of carbonyl (C=O) groups excluding carboxylic acids is 1. The fraction of sp³-hybridized carbons (Fsp3) is 0. The van der Waals surface area contributed by atoms with Gasteiger partial charge in [-0.3, -0.25) is 14.9 Å². The molecule has 2 aromatic heterocycles. The summed E-state index contributed by atoms with van der Waals surface area (Å²) in [5, 5.41) is 6.21. The molecule has 72 valence electrons. The molecule has 0 aromatic carbocycles. The van der Waals surface area contributed by atoms with Gasteiger partial charge in [0.1, 0.15) is 5.69 Å². The Labute approximate surface area is 81.0 Å². The maximum Gasteiger partial charge on any atom is 0.267 e. The normalized spacial score (nSPS) is 8.57. The SMILES string of the molecule is NC(=O)c1ccccn1.c1cn[nH]c1. The first-order chi connectivity index (χ1) is 6.80. The monoisotopic (exact) mass is 190 g/mol. The van der Waals surface area contributed by atoms with Gasteiger partial charge in [0.25, 0.3) is 5.91 Å². The van der Waals surface area contributed by atoms with Gasteiger partial charge in [-0.2, -0.15) is 5.10 Å². The molecule has 0 bridgehead atoms. The number of rotatable bonds is 1. The highest BCUT2D eigenvalue weighted by atomic mass is 16.1. The molecular formula is C9H10N4O. The highest BCUT2D eigenvalue weighted by Gasteiger charge is 1.95. The maximum absolute atomic E-state index is 10.4. The van der Waals surface area contributed by atoms with Crippen LogP contribution in [0.5, 0.6) is 0 Å². The first-order valence-electron chi connectivity index (χ1n) is 3.95. The zero-order valence-corrected chi connectivity index (χ0v) is 7.42. The second-order valence-corrected chi connectivity index (χ2v) is 2.35. The van der Waals surface area contributed by atoms with Gasteiger partial charge in [0.2, 0.25) is 0 Å². The van der Waals surface area contributed by atoms with E-state index in [1.807, 2.05) is 6.07 Å². The number of pyridine rings is 1. The summed E-state index contributed by atoms with van der Waals surface area (Å²) in [4.78, 5) is 14.1. The number of hydrogen-bond acceptors (Lipinski definition) is 3. The van der Waals surface area contributed by atoms with Crippen molar-refractivity contribution in [3.63, 3.8) is 0 Å². The summed E-state index contributed by atoms with van der Waals surface area (Å²) in [6.45, 7) is 0. The van der Waals surface area contributed by atoms with Gasteiger partial charge in [-0.15, -0.1) is 0 Å². The number of H-pyrrole nitrogens is 1. The molecule has 0 spiro atoms. The van der Waals surface area contributed by atoms with E-state index < -0.39 is 5.91 Å². The average molecular weight is 190 g/mol. The van der Waals surface area contributed by atoms with Crippen LogP contribution in [0.2, 0.25) is 0 Å². The molecule has 0 aliphatic heterocycles. The number of aromatic amines is 1. The van der Waals surface area contributed by atoms with Crippen LogP contribution in [-0.4, -0.2) is 21.1 Å². The highest BCUT2D eigenvalue weighted by Crippen LogP contribution is 1.88. The van der Waals surface area contributed by atoms with Crippen molar-refractivity contribution in [2.45, 2.75) is 0 Å². The van der Waals surface area contributed by atoms with Gasteiger partial charge in [-0.05, 0) is 18.2 Å². The van der Waals surface area contributed by atoms with Crippen LogP contribution in [0.15, 0.2) is 42.9 Å². The zero-order valence-electron chi connectivity index (χ0n) is 7.42. The number of aromatic nitrogens is 3. The van der Waals surface area contributed by atoms with Gasteiger partial charge in [-0.25, -0.2) is 0 Å². The van der Waals surface area contributed by atoms with Crippen molar-refractivity contribution < 1.29 is 4.79 Å². The number of carbonyl (C=O) groups is 1. The smallest absolute Gasteiger partial charge is 0.267 e. The quantitative estimate of drug-likeness (QED) is 0.690. The van der Waals surface area contributed by atoms with Gasteiger partial charge in [0, 0.05) is 18.6 Å². The van der Waals surface area contributed by atoms with Crippen molar-refractivity contribution in [2.24, 2.45) is 5.73 Å². The van der Waals surface area contributed by atoms with E-state index in [0.29, 0.717) is 5.69 Å². The third-order valence-electron chi connectivity index (χ3n) is 1.32. The van der Waals surface area contributed by atoms with E-state index in [1.165, 1.54) is 6.20 Å². The number of amides is 1. The summed E-state index contributed by atoms with van der Waals surface area (Å²) in [5.74, 6) is -0.490. The predicted octanol–water partition coefficient (Wildman–Crippen LogP) is 0.590. The molecule has 2 rings (SSSR count). The second-order valence-electron chi connectivity index (χ2n) is 2.35. The molecule has 0 atom stereocenters. The lowest BCUT2D eigenvalue weighted by Crippen LogP contribution is -2.12. The number of primary amides is 1. The van der Waals surface area contributed by atoms with Crippen LogP contribution in [0.3, 0.4) is 0 Å². The van der Waals surface area contributed by atoms with Crippen molar-refractivity contribution in [3.05, 3.63) is 48.5 Å². The van der Waals surface area contributed by atoms with E-state index in [9.17, 15) is 4.79 Å². The minimum Gasteiger partial charge on any atom is -0.364 e. The lowest BCUT2D eigenvalue weighted by Gasteiger charge is -1.88. The lowest BCUT2D eigenvalue weighted by molar-refractivity contribution is 0.0995. The van der Waals surface area contributed by atoms with Gasteiger partial charge in [-0.1, -0.05) is 6.07 Å². The fourth-order valence-corrected chi connectivity index (χ4v) is 0.724. The van der Waals surface area contributed by atoms with Crippen LogP contribution in [0.25, 0.3) is 0 Å². The Bertz CT molecular complexity index is 340. The summed E-state index contributed by atoms with van der Waals surface area (Å²) < 4.78 is 0. The first-order valence-corrected chi connectivity index (χ1v) is 3.95. The molecule has 0 fully saturated rings. The Balaban J connectivity index is 0.000000165. The molecule has 0 aliphatic carbocycles. The molecule has 1 amide bonds. The Kier molecular flexibility index (Phi) is 3.87. The first kappa shape index (κ1) is 9.91. The van der Waals surface area contributed by atoms with Crippen molar-refractivity contribution >= 4 is 5.91 Å². The third kappa shape index (κ3) is 3.48. The molecule has 14 heavy (non-hydrogen) atoms. The van der Waals surface area contributed by atoms with E-state index in [2.05, 4.69) is 15.2 Å². The number of nitrogens with two attached hydrogens (primary N) is 1. The molecule has 0 radical (unpaired) electrons. The van der Waals surface area contributed by atoms with E-state index in [-0.39, 0.29) is 0 Å². The van der Waals surface area contributed by atoms with Gasteiger partial charge in [0.15, 0.2) is 0 Å². The van der Waals surface area contributed by atoms with Gasteiger partial charge >= 0.3 is 0 Å². The van der Waals surface area contributed by atoms with Crippen molar-refractivity contribution in [3.8, 4) is 0 Å². The van der Waals surface area contributed by atoms with Crippen LogP contribution in [0, 0.1) is 0 Å². The van der Waals surface area contributed by atoms with Crippen molar-refractivity contribution in [1.82, 2.24) is 15.2 Å². The van der Waals surface area contributed by atoms with Gasteiger partial charge in [0.05, 0.1) is 0 Å². The lowest BCUT2D eigenvalue weighted by atomic mass is 10.3. The molecule has 0 saturated carbocycles. The molecular weight excluding hydrogens is 180 g/mol. The Morgan fingerprint density at radius 2 is 2.14 bits per heavy atom. The Morgan fingerprint density at radius 3 is 2.43 bits per heavy atom. The highest BCUT2D eigenvalue weighted by molar-refractivity contribution is 5.90. The van der Waals surface area contributed by atoms with Crippen LogP contribution in [0.4, 0.5) is 0 Å². The molecule has 0 unspecified atom stereocenters. The Hall–Kier alpha value is -2.17. The molecule has 2 heterocycles. The molecule has 5 heteroatoms. The molecule has 0 saturated heterocycles.